The molecule has 1 aliphatic rings. The Hall–Kier alpha value is -2.76. The van der Waals surface area contributed by atoms with Crippen molar-refractivity contribution in [1.82, 2.24) is 10.3 Å². The molecule has 1 saturated heterocycles. The minimum absolute atomic E-state index is 0.119. The Balaban J connectivity index is 1.83. The van der Waals surface area contributed by atoms with Crippen LogP contribution in [0.1, 0.15) is 47.3 Å². The van der Waals surface area contributed by atoms with Crippen molar-refractivity contribution in [3.63, 3.8) is 0 Å². The molecule has 2 aromatic rings. The first-order valence-corrected chi connectivity index (χ1v) is 9.28. The van der Waals surface area contributed by atoms with Crippen LogP contribution >= 0.6 is 0 Å². The number of ether oxygens (including phenoxy) is 2. The Bertz CT molecular complexity index is 816. The predicted octanol–water partition coefficient (Wildman–Crippen LogP) is 3.50. The van der Waals surface area contributed by atoms with Crippen molar-refractivity contribution in [3.05, 3.63) is 47.2 Å². The van der Waals surface area contributed by atoms with Crippen LogP contribution < -0.4 is 19.7 Å². The number of anilines is 1. The highest BCUT2D eigenvalue weighted by atomic mass is 16.5. The maximum absolute atomic E-state index is 13.0. The third kappa shape index (κ3) is 3.99. The van der Waals surface area contributed by atoms with E-state index >= 15 is 0 Å². The summed E-state index contributed by atoms with van der Waals surface area (Å²) in [5, 5.41) is 3.10. The van der Waals surface area contributed by atoms with Crippen molar-refractivity contribution in [3.8, 4) is 11.5 Å². The molecule has 1 unspecified atom stereocenters. The number of carbonyl (C=O) groups excluding carboxylic acids is 1. The molecule has 1 N–H and O–H groups in total. The molecule has 1 aliphatic heterocycles. The molecule has 6 nitrogen and oxygen atoms in total. The molecule has 0 aliphatic carbocycles. The lowest BCUT2D eigenvalue weighted by atomic mass is 10.0. The van der Waals surface area contributed by atoms with Crippen LogP contribution in [0.4, 0.5) is 5.82 Å². The highest BCUT2D eigenvalue weighted by Gasteiger charge is 2.22. The molecule has 6 heteroatoms. The predicted molar refractivity (Wildman–Crippen MR) is 106 cm³/mol. The molecule has 0 saturated carbocycles. The van der Waals surface area contributed by atoms with Gasteiger partial charge in [0.2, 0.25) is 0 Å². The maximum Gasteiger partial charge on any atom is 0.255 e. The topological polar surface area (TPSA) is 63.7 Å². The monoisotopic (exact) mass is 369 g/mol. The zero-order valence-corrected chi connectivity index (χ0v) is 16.4. The minimum atomic E-state index is -0.177. The summed E-state index contributed by atoms with van der Waals surface area (Å²) in [4.78, 5) is 19.6. The van der Waals surface area contributed by atoms with E-state index in [2.05, 4.69) is 15.2 Å². The van der Waals surface area contributed by atoms with E-state index in [1.54, 1.807) is 26.5 Å². The number of benzene rings is 1. The standard InChI is InChI=1S/C21H27N3O3/c1-14-12-18(26-3)19(27-4)13-17(14)15(2)23-21(25)16-8-7-9-22-20(16)24-10-5-6-11-24/h7-9,12-13,15H,5-6,10-11H2,1-4H3,(H,23,25). The van der Waals surface area contributed by atoms with Gasteiger partial charge in [-0.15, -0.1) is 0 Å². The van der Waals surface area contributed by atoms with Crippen LogP contribution in [0.2, 0.25) is 0 Å². The third-order valence-electron chi connectivity index (χ3n) is 5.02. The molecule has 0 radical (unpaired) electrons. The number of aromatic nitrogens is 1. The normalized spacial score (nSPS) is 14.7. The summed E-state index contributed by atoms with van der Waals surface area (Å²) in [7, 11) is 3.22. The SMILES string of the molecule is COc1cc(C)c(C(C)NC(=O)c2cccnc2N2CCCC2)cc1OC. The van der Waals surface area contributed by atoms with Crippen LogP contribution in [0.15, 0.2) is 30.5 Å². The first kappa shape index (κ1) is 19.0. The lowest BCUT2D eigenvalue weighted by molar-refractivity contribution is 0.0940. The van der Waals surface area contributed by atoms with Gasteiger partial charge in [-0.05, 0) is 62.1 Å². The Morgan fingerprint density at radius 3 is 2.52 bits per heavy atom. The van der Waals surface area contributed by atoms with Gasteiger partial charge < -0.3 is 19.7 Å². The van der Waals surface area contributed by atoms with Crippen LogP contribution in [0.3, 0.4) is 0 Å². The second-order valence-electron chi connectivity index (χ2n) is 6.83. The van der Waals surface area contributed by atoms with Crippen LogP contribution in [0.25, 0.3) is 0 Å². The summed E-state index contributed by atoms with van der Waals surface area (Å²) < 4.78 is 10.8. The van der Waals surface area contributed by atoms with Gasteiger partial charge in [0, 0.05) is 19.3 Å². The van der Waals surface area contributed by atoms with E-state index in [4.69, 9.17) is 9.47 Å². The fraction of sp³-hybridized carbons (Fsp3) is 0.429. The number of aryl methyl sites for hydroxylation is 1. The van der Waals surface area contributed by atoms with E-state index in [-0.39, 0.29) is 11.9 Å². The molecular weight excluding hydrogens is 342 g/mol. The van der Waals surface area contributed by atoms with Gasteiger partial charge in [0.15, 0.2) is 11.5 Å². The van der Waals surface area contributed by atoms with Gasteiger partial charge in [0.05, 0.1) is 25.8 Å². The number of rotatable bonds is 6. The number of nitrogens with zero attached hydrogens (tertiary/aromatic N) is 2. The average Bonchev–Trinajstić information content (AvgIpc) is 3.22. The highest BCUT2D eigenvalue weighted by molar-refractivity contribution is 5.99. The molecular formula is C21H27N3O3. The summed E-state index contributed by atoms with van der Waals surface area (Å²) in [5.74, 6) is 1.98. The van der Waals surface area contributed by atoms with Crippen molar-refractivity contribution >= 4 is 11.7 Å². The molecule has 3 rings (SSSR count). The molecule has 2 heterocycles. The van der Waals surface area contributed by atoms with Crippen LogP contribution in [-0.4, -0.2) is 38.2 Å². The van der Waals surface area contributed by atoms with Crippen LogP contribution in [0, 0.1) is 6.92 Å². The summed E-state index contributed by atoms with van der Waals surface area (Å²) in [6.45, 7) is 5.86. The fourth-order valence-corrected chi connectivity index (χ4v) is 3.57. The number of methoxy groups -OCH3 is 2. The van der Waals surface area contributed by atoms with Crippen molar-refractivity contribution in [2.75, 3.05) is 32.2 Å². The number of pyridine rings is 1. The second kappa shape index (κ2) is 8.29. The van der Waals surface area contributed by atoms with E-state index in [0.717, 1.165) is 42.9 Å². The molecule has 0 spiro atoms. The van der Waals surface area contributed by atoms with E-state index < -0.39 is 0 Å². The average molecular weight is 369 g/mol. The summed E-state index contributed by atoms with van der Waals surface area (Å²) in [6, 6.07) is 7.31. The van der Waals surface area contributed by atoms with Gasteiger partial charge in [-0.2, -0.15) is 0 Å². The Morgan fingerprint density at radius 2 is 1.85 bits per heavy atom. The van der Waals surface area contributed by atoms with Gasteiger partial charge in [0.25, 0.3) is 5.91 Å². The summed E-state index contributed by atoms with van der Waals surface area (Å²) >= 11 is 0. The third-order valence-corrected chi connectivity index (χ3v) is 5.02. The summed E-state index contributed by atoms with van der Waals surface area (Å²) in [5.41, 5.74) is 2.64. The van der Waals surface area contributed by atoms with Gasteiger partial charge >= 0.3 is 0 Å². The zero-order valence-electron chi connectivity index (χ0n) is 16.4. The van der Waals surface area contributed by atoms with E-state index in [1.807, 2.05) is 32.0 Å². The number of nitrogens with one attached hydrogen (secondary N) is 1. The number of hydrogen-bond acceptors (Lipinski definition) is 5. The molecule has 1 amide bonds. The first-order valence-electron chi connectivity index (χ1n) is 9.28. The Kier molecular flexibility index (Phi) is 5.84. The molecule has 1 aromatic carbocycles. The molecule has 144 valence electrons. The molecule has 1 fully saturated rings. The van der Waals surface area contributed by atoms with Gasteiger partial charge in [-0.25, -0.2) is 4.98 Å². The lowest BCUT2D eigenvalue weighted by Crippen LogP contribution is -2.30. The van der Waals surface area contributed by atoms with E-state index in [0.29, 0.717) is 17.1 Å². The first-order chi connectivity index (χ1) is 13.0. The van der Waals surface area contributed by atoms with Crippen molar-refractivity contribution in [2.24, 2.45) is 0 Å². The van der Waals surface area contributed by atoms with E-state index in [1.165, 1.54) is 0 Å². The molecule has 1 atom stereocenters. The number of amides is 1. The molecule has 1 aromatic heterocycles. The van der Waals surface area contributed by atoms with Gasteiger partial charge in [0.1, 0.15) is 5.82 Å². The van der Waals surface area contributed by atoms with Crippen molar-refractivity contribution < 1.29 is 14.3 Å². The Morgan fingerprint density at radius 1 is 1.19 bits per heavy atom. The number of carbonyl (C=O) groups is 1. The maximum atomic E-state index is 13.0. The molecule has 0 bridgehead atoms. The summed E-state index contributed by atoms with van der Waals surface area (Å²) in [6.07, 6.45) is 4.02. The van der Waals surface area contributed by atoms with E-state index in [9.17, 15) is 4.79 Å². The smallest absolute Gasteiger partial charge is 0.255 e. The van der Waals surface area contributed by atoms with Crippen molar-refractivity contribution in [1.29, 1.82) is 0 Å². The van der Waals surface area contributed by atoms with Crippen LogP contribution in [0.5, 0.6) is 11.5 Å². The number of hydrogen-bond donors (Lipinski definition) is 1. The zero-order chi connectivity index (χ0) is 19.4. The Labute approximate surface area is 160 Å². The van der Waals surface area contributed by atoms with Crippen LogP contribution in [-0.2, 0) is 0 Å². The second-order valence-corrected chi connectivity index (χ2v) is 6.83. The van der Waals surface area contributed by atoms with Gasteiger partial charge in [-0.1, -0.05) is 0 Å². The highest BCUT2D eigenvalue weighted by Crippen LogP contribution is 2.33. The van der Waals surface area contributed by atoms with Crippen molar-refractivity contribution in [2.45, 2.75) is 32.7 Å². The van der Waals surface area contributed by atoms with Gasteiger partial charge in [-0.3, -0.25) is 4.79 Å². The lowest BCUT2D eigenvalue weighted by Gasteiger charge is -2.22. The fourth-order valence-electron chi connectivity index (χ4n) is 3.57. The largest absolute Gasteiger partial charge is 0.493 e. The minimum Gasteiger partial charge on any atom is -0.493 e. The molecule has 27 heavy (non-hydrogen) atoms. The quantitative estimate of drug-likeness (QED) is 0.844.